The van der Waals surface area contributed by atoms with Crippen LogP contribution < -0.4 is 5.32 Å². The minimum atomic E-state index is -0.767. The number of nitrogens with one attached hydrogen (secondary N) is 1. The van der Waals surface area contributed by atoms with Crippen LogP contribution >= 0.6 is 0 Å². The van der Waals surface area contributed by atoms with Crippen molar-refractivity contribution >= 4 is 0 Å². The predicted octanol–water partition coefficient (Wildman–Crippen LogP) is 2.15. The zero-order valence-corrected chi connectivity index (χ0v) is 10.3. The number of benzene rings is 1. The van der Waals surface area contributed by atoms with Gasteiger partial charge in [0.1, 0.15) is 0 Å². The maximum atomic E-state index is 13.5. The van der Waals surface area contributed by atoms with Crippen molar-refractivity contribution in [3.8, 4) is 0 Å². The standard InChI is InChI=1S/C13H18F2N2/c1-13(2)9-17(7-6-16-13)8-10-4-3-5-11(14)12(10)15/h3-5,16H,6-9H2,1-2H3. The lowest BCUT2D eigenvalue weighted by atomic mass is 10.0. The van der Waals surface area contributed by atoms with Crippen LogP contribution in [0.4, 0.5) is 8.78 Å². The van der Waals surface area contributed by atoms with Crippen molar-refractivity contribution in [2.24, 2.45) is 0 Å². The summed E-state index contributed by atoms with van der Waals surface area (Å²) < 4.78 is 26.6. The molecule has 0 radical (unpaired) electrons. The molecule has 17 heavy (non-hydrogen) atoms. The van der Waals surface area contributed by atoms with E-state index in [-0.39, 0.29) is 5.54 Å². The van der Waals surface area contributed by atoms with E-state index in [0.717, 1.165) is 25.7 Å². The maximum absolute atomic E-state index is 13.5. The molecule has 0 aliphatic carbocycles. The van der Waals surface area contributed by atoms with Gasteiger partial charge in [-0.25, -0.2) is 8.78 Å². The number of halogens is 2. The van der Waals surface area contributed by atoms with Gasteiger partial charge in [0.15, 0.2) is 11.6 Å². The highest BCUT2D eigenvalue weighted by Crippen LogP contribution is 2.17. The molecule has 2 nitrogen and oxygen atoms in total. The molecule has 1 aromatic carbocycles. The van der Waals surface area contributed by atoms with Crippen LogP contribution in [0, 0.1) is 11.6 Å². The maximum Gasteiger partial charge on any atom is 0.163 e. The zero-order chi connectivity index (χ0) is 12.5. The van der Waals surface area contributed by atoms with Gasteiger partial charge in [-0.1, -0.05) is 12.1 Å². The Hall–Kier alpha value is -1.00. The molecule has 1 aromatic rings. The summed E-state index contributed by atoms with van der Waals surface area (Å²) in [4.78, 5) is 2.15. The molecule has 0 bridgehead atoms. The number of rotatable bonds is 2. The second-order valence-electron chi connectivity index (χ2n) is 5.23. The summed E-state index contributed by atoms with van der Waals surface area (Å²) in [6.45, 7) is 7.27. The molecule has 0 amide bonds. The van der Waals surface area contributed by atoms with Gasteiger partial charge >= 0.3 is 0 Å². The van der Waals surface area contributed by atoms with Crippen molar-refractivity contribution in [3.63, 3.8) is 0 Å². The van der Waals surface area contributed by atoms with Gasteiger partial charge in [-0.05, 0) is 19.9 Å². The molecule has 0 unspecified atom stereocenters. The molecule has 4 heteroatoms. The van der Waals surface area contributed by atoms with E-state index in [4.69, 9.17) is 0 Å². The highest BCUT2D eigenvalue weighted by molar-refractivity contribution is 5.19. The van der Waals surface area contributed by atoms with Crippen LogP contribution in [-0.2, 0) is 6.54 Å². The fourth-order valence-electron chi connectivity index (χ4n) is 2.29. The Balaban J connectivity index is 2.08. The van der Waals surface area contributed by atoms with Crippen LogP contribution in [-0.4, -0.2) is 30.1 Å². The normalized spacial score (nSPS) is 20.5. The van der Waals surface area contributed by atoms with Gasteiger partial charge in [0.05, 0.1) is 0 Å². The van der Waals surface area contributed by atoms with Crippen LogP contribution in [0.2, 0.25) is 0 Å². The summed E-state index contributed by atoms with van der Waals surface area (Å²) in [5, 5.41) is 3.39. The van der Waals surface area contributed by atoms with Gasteiger partial charge in [-0.15, -0.1) is 0 Å². The molecule has 1 saturated heterocycles. The second-order valence-corrected chi connectivity index (χ2v) is 5.23. The third kappa shape index (κ3) is 3.01. The lowest BCUT2D eigenvalue weighted by Gasteiger charge is -2.39. The summed E-state index contributed by atoms with van der Waals surface area (Å²) in [7, 11) is 0. The molecule has 1 aliphatic rings. The molecule has 0 saturated carbocycles. The topological polar surface area (TPSA) is 15.3 Å². The third-order valence-electron chi connectivity index (χ3n) is 3.08. The quantitative estimate of drug-likeness (QED) is 0.852. The number of hydrogen-bond acceptors (Lipinski definition) is 2. The van der Waals surface area contributed by atoms with Crippen molar-refractivity contribution in [1.82, 2.24) is 10.2 Å². The molecule has 0 atom stereocenters. The van der Waals surface area contributed by atoms with Crippen LogP contribution in [0.5, 0.6) is 0 Å². The highest BCUT2D eigenvalue weighted by Gasteiger charge is 2.26. The fourth-order valence-corrected chi connectivity index (χ4v) is 2.29. The Morgan fingerprint density at radius 3 is 2.82 bits per heavy atom. The van der Waals surface area contributed by atoms with Gasteiger partial charge in [0.25, 0.3) is 0 Å². The monoisotopic (exact) mass is 240 g/mol. The zero-order valence-electron chi connectivity index (χ0n) is 10.3. The van der Waals surface area contributed by atoms with Crippen molar-refractivity contribution in [2.75, 3.05) is 19.6 Å². The van der Waals surface area contributed by atoms with E-state index >= 15 is 0 Å². The number of piperazine rings is 1. The minimum absolute atomic E-state index is 0.0298. The van der Waals surface area contributed by atoms with Crippen LogP contribution in [0.25, 0.3) is 0 Å². The average Bonchev–Trinajstić information content (AvgIpc) is 2.23. The minimum Gasteiger partial charge on any atom is -0.309 e. The smallest absolute Gasteiger partial charge is 0.163 e. The van der Waals surface area contributed by atoms with Gasteiger partial charge in [-0.3, -0.25) is 4.90 Å². The molecule has 0 spiro atoms. The molecular formula is C13H18F2N2. The van der Waals surface area contributed by atoms with E-state index in [1.807, 2.05) is 0 Å². The Bertz CT molecular complexity index is 404. The van der Waals surface area contributed by atoms with Crippen molar-refractivity contribution < 1.29 is 8.78 Å². The molecule has 94 valence electrons. The van der Waals surface area contributed by atoms with Crippen LogP contribution in [0.15, 0.2) is 18.2 Å². The van der Waals surface area contributed by atoms with Gasteiger partial charge in [-0.2, -0.15) is 0 Å². The molecular weight excluding hydrogens is 222 g/mol. The lowest BCUT2D eigenvalue weighted by molar-refractivity contribution is 0.146. The summed E-state index contributed by atoms with van der Waals surface area (Å²) >= 11 is 0. The molecule has 2 rings (SSSR count). The van der Waals surface area contributed by atoms with Gasteiger partial charge in [0, 0.05) is 37.3 Å². The second kappa shape index (κ2) is 4.70. The Morgan fingerprint density at radius 2 is 2.12 bits per heavy atom. The number of hydrogen-bond donors (Lipinski definition) is 1. The van der Waals surface area contributed by atoms with E-state index in [1.165, 1.54) is 0 Å². The first-order valence-corrected chi connectivity index (χ1v) is 5.88. The fraction of sp³-hybridized carbons (Fsp3) is 0.538. The molecule has 1 N–H and O–H groups in total. The first-order chi connectivity index (χ1) is 7.98. The summed E-state index contributed by atoms with van der Waals surface area (Å²) in [5.41, 5.74) is 0.463. The van der Waals surface area contributed by atoms with E-state index in [9.17, 15) is 8.78 Å². The first-order valence-electron chi connectivity index (χ1n) is 5.88. The van der Waals surface area contributed by atoms with Crippen LogP contribution in [0.1, 0.15) is 19.4 Å². The van der Waals surface area contributed by atoms with E-state index < -0.39 is 11.6 Å². The van der Waals surface area contributed by atoms with Crippen LogP contribution in [0.3, 0.4) is 0 Å². The van der Waals surface area contributed by atoms with E-state index in [0.29, 0.717) is 12.1 Å². The van der Waals surface area contributed by atoms with Gasteiger partial charge < -0.3 is 5.32 Å². The molecule has 0 aromatic heterocycles. The molecule has 1 aliphatic heterocycles. The lowest BCUT2D eigenvalue weighted by Crippen LogP contribution is -2.56. The highest BCUT2D eigenvalue weighted by atomic mass is 19.2. The summed E-state index contributed by atoms with van der Waals surface area (Å²) in [6.07, 6.45) is 0. The van der Waals surface area contributed by atoms with E-state index in [2.05, 4.69) is 24.1 Å². The molecule has 1 fully saturated rings. The van der Waals surface area contributed by atoms with Gasteiger partial charge in [0.2, 0.25) is 0 Å². The Morgan fingerprint density at radius 1 is 1.35 bits per heavy atom. The Labute approximate surface area is 101 Å². The average molecular weight is 240 g/mol. The largest absolute Gasteiger partial charge is 0.309 e. The van der Waals surface area contributed by atoms with E-state index in [1.54, 1.807) is 12.1 Å². The predicted molar refractivity (Wildman–Crippen MR) is 63.7 cm³/mol. The molecule has 1 heterocycles. The summed E-state index contributed by atoms with van der Waals surface area (Å²) in [6, 6.07) is 4.36. The first kappa shape index (κ1) is 12.5. The Kier molecular flexibility index (Phi) is 3.45. The summed E-state index contributed by atoms with van der Waals surface area (Å²) in [5.74, 6) is -1.49. The van der Waals surface area contributed by atoms with Crippen molar-refractivity contribution in [1.29, 1.82) is 0 Å². The van der Waals surface area contributed by atoms with Crippen molar-refractivity contribution in [2.45, 2.75) is 25.9 Å². The van der Waals surface area contributed by atoms with Crippen molar-refractivity contribution in [3.05, 3.63) is 35.4 Å². The number of nitrogens with zero attached hydrogens (tertiary/aromatic N) is 1. The third-order valence-corrected chi connectivity index (χ3v) is 3.08. The SMILES string of the molecule is CC1(C)CN(Cc2cccc(F)c2F)CCN1.